The lowest BCUT2D eigenvalue weighted by molar-refractivity contribution is -0.126. The summed E-state index contributed by atoms with van der Waals surface area (Å²) in [6, 6.07) is 13.6. The Morgan fingerprint density at radius 3 is 2.58 bits per heavy atom. The van der Waals surface area contributed by atoms with Crippen LogP contribution >= 0.6 is 0 Å². The molecule has 36 heavy (non-hydrogen) atoms. The molecule has 0 saturated carbocycles. The van der Waals surface area contributed by atoms with Gasteiger partial charge >= 0.3 is 0 Å². The maximum absolute atomic E-state index is 14.0. The molecule has 2 heterocycles. The minimum absolute atomic E-state index is 0.0347. The molecule has 0 bridgehead atoms. The van der Waals surface area contributed by atoms with Crippen molar-refractivity contribution in [3.05, 3.63) is 76.9 Å². The van der Waals surface area contributed by atoms with Crippen LogP contribution in [-0.4, -0.2) is 44.0 Å². The Bertz CT molecular complexity index is 1360. The van der Waals surface area contributed by atoms with E-state index in [4.69, 9.17) is 9.26 Å². The minimum Gasteiger partial charge on any atom is -0.496 e. The van der Waals surface area contributed by atoms with E-state index in [1.54, 1.807) is 32.2 Å². The van der Waals surface area contributed by atoms with Crippen LogP contribution in [0.2, 0.25) is 0 Å². The molecule has 1 fully saturated rings. The van der Waals surface area contributed by atoms with Gasteiger partial charge in [-0.25, -0.2) is 12.8 Å². The molecule has 4 rings (SSSR count). The normalized spacial score (nSPS) is 15.3. The van der Waals surface area contributed by atoms with Crippen molar-refractivity contribution in [3.8, 4) is 5.75 Å². The Morgan fingerprint density at radius 2 is 1.86 bits per heavy atom. The number of sulfonamides is 1. The van der Waals surface area contributed by atoms with E-state index in [1.807, 2.05) is 24.3 Å². The number of para-hydroxylation sites is 1. The third kappa shape index (κ3) is 5.50. The molecule has 3 aromatic rings. The molecular weight excluding hydrogens is 485 g/mol. The molecule has 10 heteroatoms. The van der Waals surface area contributed by atoms with Gasteiger partial charge in [-0.05, 0) is 44.1 Å². The van der Waals surface area contributed by atoms with Crippen molar-refractivity contribution in [1.29, 1.82) is 0 Å². The molecule has 2 aromatic carbocycles. The van der Waals surface area contributed by atoms with Crippen LogP contribution in [0.25, 0.3) is 12.2 Å². The molecule has 0 radical (unpaired) electrons. The van der Waals surface area contributed by atoms with E-state index in [0.29, 0.717) is 30.7 Å². The standard InChI is InChI=1S/C26H28FN3O5S/c1-18-25(24(35-29-18)12-11-19-7-3-5-9-22(19)27)36(32,33)30-15-13-20(14-16-30)26(31)28-17-21-8-4-6-10-23(21)34-2/h3-12,20H,13-17H2,1-2H3,(H,28,31). The average Bonchev–Trinajstić information content (AvgIpc) is 3.28. The second-order valence-electron chi connectivity index (χ2n) is 8.52. The lowest BCUT2D eigenvalue weighted by Gasteiger charge is -2.30. The van der Waals surface area contributed by atoms with Gasteiger partial charge in [0.05, 0.1) is 7.11 Å². The Balaban J connectivity index is 1.41. The molecule has 8 nitrogen and oxygen atoms in total. The van der Waals surface area contributed by atoms with Crippen LogP contribution in [0.1, 0.15) is 35.4 Å². The zero-order chi connectivity index (χ0) is 25.7. The predicted octanol–water partition coefficient (Wildman–Crippen LogP) is 4.02. The number of nitrogens with one attached hydrogen (secondary N) is 1. The molecule has 190 valence electrons. The largest absolute Gasteiger partial charge is 0.496 e. The molecule has 0 spiro atoms. The van der Waals surface area contributed by atoms with Gasteiger partial charge in [-0.2, -0.15) is 4.31 Å². The van der Waals surface area contributed by atoms with Crippen LogP contribution in [0.5, 0.6) is 5.75 Å². The second-order valence-corrected chi connectivity index (χ2v) is 10.4. The van der Waals surface area contributed by atoms with Crippen molar-refractivity contribution in [2.45, 2.75) is 31.2 Å². The number of benzene rings is 2. The third-order valence-corrected chi connectivity index (χ3v) is 8.28. The lowest BCUT2D eigenvalue weighted by atomic mass is 9.97. The second kappa shape index (κ2) is 11.0. The van der Waals surface area contributed by atoms with Crippen molar-refractivity contribution >= 4 is 28.1 Å². The molecule has 0 unspecified atom stereocenters. The van der Waals surface area contributed by atoms with Gasteiger partial charge in [-0.1, -0.05) is 41.6 Å². The number of halogens is 1. The molecular formula is C26H28FN3O5S. The lowest BCUT2D eigenvalue weighted by Crippen LogP contribution is -2.43. The van der Waals surface area contributed by atoms with E-state index in [0.717, 1.165) is 5.56 Å². The molecule has 1 N–H and O–H groups in total. The van der Waals surface area contributed by atoms with Crippen LogP contribution < -0.4 is 10.1 Å². The van der Waals surface area contributed by atoms with Gasteiger partial charge in [0.2, 0.25) is 15.9 Å². The molecule has 0 aliphatic carbocycles. The summed E-state index contributed by atoms with van der Waals surface area (Å²) in [5, 5.41) is 6.75. The smallest absolute Gasteiger partial charge is 0.248 e. The summed E-state index contributed by atoms with van der Waals surface area (Å²) >= 11 is 0. The van der Waals surface area contributed by atoms with Gasteiger partial charge in [-0.3, -0.25) is 4.79 Å². The van der Waals surface area contributed by atoms with Gasteiger partial charge in [0.1, 0.15) is 17.3 Å². The van der Waals surface area contributed by atoms with Crippen molar-refractivity contribution in [3.63, 3.8) is 0 Å². The van der Waals surface area contributed by atoms with E-state index < -0.39 is 15.8 Å². The fourth-order valence-electron chi connectivity index (χ4n) is 4.24. The number of nitrogens with zero attached hydrogens (tertiary/aromatic N) is 2. The van der Waals surface area contributed by atoms with Crippen molar-refractivity contribution in [1.82, 2.24) is 14.8 Å². The molecule has 1 amide bonds. The molecule has 1 saturated heterocycles. The zero-order valence-corrected chi connectivity index (χ0v) is 20.9. The first kappa shape index (κ1) is 25.6. The monoisotopic (exact) mass is 513 g/mol. The number of hydrogen-bond donors (Lipinski definition) is 1. The number of hydrogen-bond acceptors (Lipinski definition) is 6. The summed E-state index contributed by atoms with van der Waals surface area (Å²) in [5.74, 6) is -0.113. The summed E-state index contributed by atoms with van der Waals surface area (Å²) in [4.78, 5) is 12.7. The summed E-state index contributed by atoms with van der Waals surface area (Å²) in [5.41, 5.74) is 1.39. The maximum atomic E-state index is 14.0. The van der Waals surface area contributed by atoms with Crippen LogP contribution in [0.15, 0.2) is 57.9 Å². The first-order valence-electron chi connectivity index (χ1n) is 11.6. The number of carbonyl (C=O) groups is 1. The van der Waals surface area contributed by atoms with E-state index >= 15 is 0 Å². The number of methoxy groups -OCH3 is 1. The maximum Gasteiger partial charge on any atom is 0.248 e. The number of amides is 1. The first-order chi connectivity index (χ1) is 17.3. The number of carbonyl (C=O) groups excluding carboxylic acids is 1. The summed E-state index contributed by atoms with van der Waals surface area (Å²) in [6.07, 6.45) is 3.64. The highest BCUT2D eigenvalue weighted by Crippen LogP contribution is 2.29. The molecule has 1 aliphatic heterocycles. The first-order valence-corrected chi connectivity index (χ1v) is 13.0. The highest BCUT2D eigenvalue weighted by atomic mass is 32.2. The summed E-state index contributed by atoms with van der Waals surface area (Å²) in [7, 11) is -2.35. The van der Waals surface area contributed by atoms with Crippen LogP contribution in [0.3, 0.4) is 0 Å². The Labute approximate surface area is 209 Å². The van der Waals surface area contributed by atoms with E-state index in [1.165, 1.54) is 22.5 Å². The SMILES string of the molecule is COc1ccccc1CNC(=O)C1CCN(S(=O)(=O)c2c(C)noc2C=Cc2ccccc2F)CC1. The highest BCUT2D eigenvalue weighted by Gasteiger charge is 2.35. The Morgan fingerprint density at radius 1 is 1.17 bits per heavy atom. The van der Waals surface area contributed by atoms with Gasteiger partial charge in [-0.15, -0.1) is 0 Å². The van der Waals surface area contributed by atoms with Crippen molar-refractivity contribution in [2.75, 3.05) is 20.2 Å². The summed E-state index contributed by atoms with van der Waals surface area (Å²) in [6.45, 7) is 2.26. The third-order valence-electron chi connectivity index (χ3n) is 6.22. The van der Waals surface area contributed by atoms with Gasteiger partial charge in [0.15, 0.2) is 10.7 Å². The average molecular weight is 514 g/mol. The number of aromatic nitrogens is 1. The van der Waals surface area contributed by atoms with Crippen molar-refractivity contribution in [2.24, 2.45) is 5.92 Å². The van der Waals surface area contributed by atoms with Crippen LogP contribution in [0, 0.1) is 18.7 Å². The number of rotatable bonds is 8. The summed E-state index contributed by atoms with van der Waals surface area (Å²) < 4.78 is 52.7. The van der Waals surface area contributed by atoms with E-state index in [-0.39, 0.29) is 41.3 Å². The zero-order valence-electron chi connectivity index (χ0n) is 20.1. The fraction of sp³-hybridized carbons (Fsp3) is 0.308. The van der Waals surface area contributed by atoms with Gasteiger partial charge in [0, 0.05) is 36.7 Å². The topological polar surface area (TPSA) is 102 Å². The molecule has 0 atom stereocenters. The van der Waals surface area contributed by atoms with Gasteiger partial charge in [0.25, 0.3) is 0 Å². The molecule has 1 aliphatic rings. The quantitative estimate of drug-likeness (QED) is 0.488. The van der Waals surface area contributed by atoms with Crippen LogP contribution in [-0.2, 0) is 21.4 Å². The van der Waals surface area contributed by atoms with E-state index in [9.17, 15) is 17.6 Å². The van der Waals surface area contributed by atoms with Crippen molar-refractivity contribution < 1.29 is 26.9 Å². The van der Waals surface area contributed by atoms with Gasteiger partial charge < -0.3 is 14.6 Å². The van der Waals surface area contributed by atoms with E-state index in [2.05, 4.69) is 10.5 Å². The number of aryl methyl sites for hydroxylation is 1. The Hall–Kier alpha value is -3.50. The molecule has 1 aromatic heterocycles. The number of piperidine rings is 1. The fourth-order valence-corrected chi connectivity index (χ4v) is 5.96. The highest BCUT2D eigenvalue weighted by molar-refractivity contribution is 7.89. The van der Waals surface area contributed by atoms with Crippen LogP contribution in [0.4, 0.5) is 4.39 Å². The predicted molar refractivity (Wildman–Crippen MR) is 133 cm³/mol. The number of ether oxygens (including phenoxy) is 1. The Kier molecular flexibility index (Phi) is 7.85. The minimum atomic E-state index is -3.92.